The minimum absolute atomic E-state index is 2.41. The summed E-state index contributed by atoms with van der Waals surface area (Å²) in [5.74, 6) is -7.81. The number of hydrogen-bond acceptors (Lipinski definition) is 2. The van der Waals surface area contributed by atoms with E-state index in [2.05, 4.69) is 5.73 Å². The van der Waals surface area contributed by atoms with Crippen LogP contribution in [0.3, 0.4) is 0 Å². The lowest BCUT2D eigenvalue weighted by atomic mass is 10.1. The molecule has 12 heavy (non-hydrogen) atoms. The summed E-state index contributed by atoms with van der Waals surface area (Å²) in [6, 6.07) is -3.27. The van der Waals surface area contributed by atoms with Crippen molar-refractivity contribution in [3.8, 4) is 0 Å². The molecule has 8 heteroatoms. The molecule has 0 spiro atoms. The SMILES string of the molecule is NC(C(=O)O)C(F)(F)C(F)(F)F. The standard InChI is InChI=1S/C4H4F5NO2/c5-3(6,4(7,8)9)1(10)2(11)12/h1H,10H2,(H,11,12). The van der Waals surface area contributed by atoms with E-state index in [1.165, 1.54) is 0 Å². The maximum atomic E-state index is 11.9. The minimum atomic E-state index is -5.94. The number of halogens is 5. The van der Waals surface area contributed by atoms with E-state index in [0.29, 0.717) is 0 Å². The molecule has 0 aliphatic heterocycles. The van der Waals surface area contributed by atoms with E-state index < -0.39 is 24.1 Å². The summed E-state index contributed by atoms with van der Waals surface area (Å²) >= 11 is 0. The molecule has 0 aliphatic carbocycles. The van der Waals surface area contributed by atoms with Gasteiger partial charge < -0.3 is 10.8 Å². The van der Waals surface area contributed by atoms with Crippen LogP contribution in [0.5, 0.6) is 0 Å². The Morgan fingerprint density at radius 2 is 1.58 bits per heavy atom. The number of carboxylic acids is 1. The molecule has 0 saturated heterocycles. The van der Waals surface area contributed by atoms with E-state index in [0.717, 1.165) is 0 Å². The monoisotopic (exact) mass is 193 g/mol. The highest BCUT2D eigenvalue weighted by Gasteiger charge is 2.63. The van der Waals surface area contributed by atoms with Crippen LogP contribution in [0.25, 0.3) is 0 Å². The van der Waals surface area contributed by atoms with Gasteiger partial charge in [0.15, 0.2) is 6.04 Å². The molecular formula is C4H4F5NO2. The number of alkyl halides is 5. The molecule has 3 nitrogen and oxygen atoms in total. The van der Waals surface area contributed by atoms with Crippen LogP contribution in [0.4, 0.5) is 22.0 Å². The Kier molecular flexibility index (Phi) is 2.63. The van der Waals surface area contributed by atoms with Crippen molar-refractivity contribution < 1.29 is 31.9 Å². The topological polar surface area (TPSA) is 63.3 Å². The molecule has 0 heterocycles. The van der Waals surface area contributed by atoms with Crippen molar-refractivity contribution in [2.45, 2.75) is 18.1 Å². The summed E-state index contributed by atoms with van der Waals surface area (Å²) in [4.78, 5) is 9.69. The summed E-state index contributed by atoms with van der Waals surface area (Å²) in [6.45, 7) is 0. The van der Waals surface area contributed by atoms with E-state index in [1.807, 2.05) is 0 Å². The van der Waals surface area contributed by atoms with E-state index in [4.69, 9.17) is 5.11 Å². The zero-order chi connectivity index (χ0) is 10.2. The van der Waals surface area contributed by atoms with Crippen molar-refractivity contribution in [1.29, 1.82) is 0 Å². The Morgan fingerprint density at radius 1 is 1.25 bits per heavy atom. The fraction of sp³-hybridized carbons (Fsp3) is 0.750. The Hall–Kier alpha value is -0.920. The Labute approximate surface area is 63.0 Å². The van der Waals surface area contributed by atoms with Gasteiger partial charge in [-0.1, -0.05) is 0 Å². The molecule has 0 aliphatic rings. The van der Waals surface area contributed by atoms with Gasteiger partial charge in [0.2, 0.25) is 0 Å². The molecule has 0 aromatic heterocycles. The molecule has 0 rings (SSSR count). The molecule has 0 bridgehead atoms. The summed E-state index contributed by atoms with van der Waals surface area (Å²) in [7, 11) is 0. The molecule has 0 saturated carbocycles. The van der Waals surface area contributed by atoms with Crippen LogP contribution in [0, 0.1) is 0 Å². The third-order valence-electron chi connectivity index (χ3n) is 1.03. The maximum absolute atomic E-state index is 11.9. The van der Waals surface area contributed by atoms with Gasteiger partial charge in [-0.05, 0) is 0 Å². The van der Waals surface area contributed by atoms with E-state index in [1.54, 1.807) is 0 Å². The van der Waals surface area contributed by atoms with Gasteiger partial charge in [0.05, 0.1) is 0 Å². The molecule has 3 N–H and O–H groups in total. The molecule has 72 valence electrons. The fourth-order valence-electron chi connectivity index (χ4n) is 0.331. The second kappa shape index (κ2) is 2.85. The zero-order valence-electron chi connectivity index (χ0n) is 5.40. The first-order valence-corrected chi connectivity index (χ1v) is 2.53. The van der Waals surface area contributed by atoms with Crippen molar-refractivity contribution in [2.24, 2.45) is 5.73 Å². The van der Waals surface area contributed by atoms with Crippen molar-refractivity contribution in [2.75, 3.05) is 0 Å². The van der Waals surface area contributed by atoms with E-state index in [-0.39, 0.29) is 0 Å². The minimum Gasteiger partial charge on any atom is -0.480 e. The van der Waals surface area contributed by atoms with Crippen LogP contribution in [-0.4, -0.2) is 29.2 Å². The largest absolute Gasteiger partial charge is 0.480 e. The van der Waals surface area contributed by atoms with Crippen LogP contribution in [0.2, 0.25) is 0 Å². The Balaban J connectivity index is 4.73. The quantitative estimate of drug-likeness (QED) is 0.631. The third kappa shape index (κ3) is 1.81. The number of carbonyl (C=O) groups is 1. The van der Waals surface area contributed by atoms with Crippen molar-refractivity contribution >= 4 is 5.97 Å². The predicted molar refractivity (Wildman–Crippen MR) is 26.6 cm³/mol. The van der Waals surface area contributed by atoms with Gasteiger partial charge in [-0.2, -0.15) is 22.0 Å². The number of carboxylic acid groups (broad SMARTS) is 1. The van der Waals surface area contributed by atoms with Gasteiger partial charge in [-0.25, -0.2) is 0 Å². The van der Waals surface area contributed by atoms with Gasteiger partial charge in [0.1, 0.15) is 0 Å². The highest BCUT2D eigenvalue weighted by atomic mass is 19.4. The number of rotatable bonds is 2. The average Bonchev–Trinajstić information content (AvgIpc) is 1.83. The molecular weight excluding hydrogens is 189 g/mol. The normalized spacial score (nSPS) is 15.8. The molecule has 0 fully saturated rings. The van der Waals surface area contributed by atoms with Crippen molar-refractivity contribution in [3.05, 3.63) is 0 Å². The highest BCUT2D eigenvalue weighted by Crippen LogP contribution is 2.37. The third-order valence-corrected chi connectivity index (χ3v) is 1.03. The number of hydrogen-bond donors (Lipinski definition) is 2. The Bertz CT molecular complexity index is 188. The molecule has 0 radical (unpaired) electrons. The smallest absolute Gasteiger partial charge is 0.455 e. The summed E-state index contributed by atoms with van der Waals surface area (Å²) in [5, 5.41) is 7.78. The second-order valence-corrected chi connectivity index (χ2v) is 1.94. The van der Waals surface area contributed by atoms with Gasteiger partial charge in [-0.3, -0.25) is 4.79 Å². The van der Waals surface area contributed by atoms with Crippen LogP contribution >= 0.6 is 0 Å². The molecule has 0 aromatic rings. The highest BCUT2D eigenvalue weighted by molar-refractivity contribution is 5.74. The van der Waals surface area contributed by atoms with E-state index >= 15 is 0 Å². The lowest BCUT2D eigenvalue weighted by Crippen LogP contribution is -2.55. The first kappa shape index (κ1) is 11.1. The first-order valence-electron chi connectivity index (χ1n) is 2.53. The van der Waals surface area contributed by atoms with Crippen molar-refractivity contribution in [1.82, 2.24) is 0 Å². The van der Waals surface area contributed by atoms with Gasteiger partial charge in [0.25, 0.3) is 0 Å². The molecule has 0 aromatic carbocycles. The van der Waals surface area contributed by atoms with Crippen LogP contribution in [0.1, 0.15) is 0 Å². The number of aliphatic carboxylic acids is 1. The van der Waals surface area contributed by atoms with E-state index in [9.17, 15) is 26.7 Å². The zero-order valence-corrected chi connectivity index (χ0v) is 5.40. The van der Waals surface area contributed by atoms with Gasteiger partial charge in [0, 0.05) is 0 Å². The van der Waals surface area contributed by atoms with Crippen LogP contribution < -0.4 is 5.73 Å². The predicted octanol–water partition coefficient (Wildman–Crippen LogP) is 0.596. The summed E-state index contributed by atoms with van der Waals surface area (Å²) in [5.41, 5.74) is 4.11. The fourth-order valence-corrected chi connectivity index (χ4v) is 0.331. The lowest BCUT2D eigenvalue weighted by molar-refractivity contribution is -0.288. The molecule has 0 amide bonds. The van der Waals surface area contributed by atoms with Crippen LogP contribution in [-0.2, 0) is 4.79 Å². The van der Waals surface area contributed by atoms with Gasteiger partial charge >= 0.3 is 18.1 Å². The average molecular weight is 193 g/mol. The molecule has 1 unspecified atom stereocenters. The number of nitrogens with two attached hydrogens (primary N) is 1. The van der Waals surface area contributed by atoms with Crippen LogP contribution in [0.15, 0.2) is 0 Å². The maximum Gasteiger partial charge on any atom is 0.455 e. The van der Waals surface area contributed by atoms with Gasteiger partial charge in [-0.15, -0.1) is 0 Å². The van der Waals surface area contributed by atoms with Crippen molar-refractivity contribution in [3.63, 3.8) is 0 Å². The first-order chi connectivity index (χ1) is 5.10. The summed E-state index contributed by atoms with van der Waals surface area (Å²) < 4.78 is 57.9. The molecule has 1 atom stereocenters. The second-order valence-electron chi connectivity index (χ2n) is 1.94. The summed E-state index contributed by atoms with van der Waals surface area (Å²) in [6.07, 6.45) is -5.94. The lowest BCUT2D eigenvalue weighted by Gasteiger charge is -2.22. The Morgan fingerprint density at radius 3 is 1.67 bits per heavy atom.